The molecule has 20 heavy (non-hydrogen) atoms. The summed E-state index contributed by atoms with van der Waals surface area (Å²) in [6, 6.07) is 3.16. The molecule has 0 spiro atoms. The van der Waals surface area contributed by atoms with Crippen LogP contribution in [0.5, 0.6) is 5.75 Å². The Hall–Kier alpha value is -2.61. The van der Waals surface area contributed by atoms with E-state index in [1.807, 2.05) is 0 Å². The molecule has 106 valence electrons. The van der Waals surface area contributed by atoms with Gasteiger partial charge in [-0.1, -0.05) is 0 Å². The van der Waals surface area contributed by atoms with Gasteiger partial charge in [0, 0.05) is 18.3 Å². The smallest absolute Gasteiger partial charge is 0.339 e. The third-order valence-corrected chi connectivity index (χ3v) is 2.82. The maximum atomic E-state index is 11.9. The second-order valence-corrected chi connectivity index (χ2v) is 4.26. The Balaban J connectivity index is 2.03. The predicted molar refractivity (Wildman–Crippen MR) is 68.5 cm³/mol. The molecule has 0 saturated carbocycles. The van der Waals surface area contributed by atoms with E-state index in [1.165, 1.54) is 12.1 Å². The van der Waals surface area contributed by atoms with Crippen LogP contribution in [0.3, 0.4) is 0 Å². The van der Waals surface area contributed by atoms with E-state index in [0.717, 1.165) is 6.07 Å². The fraction of sp³-hybridized carbons (Fsp3) is 0.250. The summed E-state index contributed by atoms with van der Waals surface area (Å²) in [6.45, 7) is 0.227. The molecule has 1 aliphatic rings. The second-order valence-electron chi connectivity index (χ2n) is 4.26. The summed E-state index contributed by atoms with van der Waals surface area (Å²) in [7, 11) is 0. The van der Waals surface area contributed by atoms with Crippen molar-refractivity contribution in [2.24, 2.45) is 0 Å². The van der Waals surface area contributed by atoms with Crippen molar-refractivity contribution < 1.29 is 24.6 Å². The number of anilines is 1. The van der Waals surface area contributed by atoms with Gasteiger partial charge in [-0.2, -0.15) is 0 Å². The molecule has 8 heteroatoms. The van der Waals surface area contributed by atoms with Crippen molar-refractivity contribution in [3.05, 3.63) is 23.8 Å². The monoisotopic (exact) mass is 279 g/mol. The molecule has 1 fully saturated rings. The lowest BCUT2D eigenvalue weighted by atomic mass is 10.1. The van der Waals surface area contributed by atoms with Gasteiger partial charge in [-0.05, 0) is 12.1 Å². The Morgan fingerprint density at radius 1 is 1.35 bits per heavy atom. The quantitative estimate of drug-likeness (QED) is 0.488. The number of nitrogens with one attached hydrogen (secondary N) is 3. The highest BCUT2D eigenvalue weighted by Crippen LogP contribution is 2.22. The van der Waals surface area contributed by atoms with E-state index < -0.39 is 17.8 Å². The predicted octanol–water partition coefficient (Wildman–Crippen LogP) is -0.883. The number of carbonyl (C=O) groups excluding carboxylic acids is 2. The zero-order valence-corrected chi connectivity index (χ0v) is 10.3. The van der Waals surface area contributed by atoms with Crippen molar-refractivity contribution in [3.8, 4) is 5.75 Å². The van der Waals surface area contributed by atoms with Crippen LogP contribution >= 0.6 is 0 Å². The van der Waals surface area contributed by atoms with Crippen molar-refractivity contribution in [2.45, 2.75) is 6.04 Å². The minimum absolute atomic E-state index is 0.0568. The van der Waals surface area contributed by atoms with Crippen LogP contribution in [-0.4, -0.2) is 47.1 Å². The first-order chi connectivity index (χ1) is 9.47. The first-order valence-corrected chi connectivity index (χ1v) is 5.84. The van der Waals surface area contributed by atoms with E-state index >= 15 is 0 Å². The standard InChI is InChI=1S/C12H13N3O5/c16-9-3-6(1-2-7(9)12(19)20)15-11(18)8-4-14-10(17)5-13-8/h1-3,8,13,16H,4-5H2,(H,14,17)(H,15,18)(H,19,20). The van der Waals surface area contributed by atoms with Crippen LogP contribution in [0, 0.1) is 0 Å². The number of piperazine rings is 1. The summed E-state index contributed by atoms with van der Waals surface area (Å²) < 4.78 is 0. The molecule has 1 aliphatic heterocycles. The van der Waals surface area contributed by atoms with E-state index in [0.29, 0.717) is 0 Å². The van der Waals surface area contributed by atoms with E-state index in [9.17, 15) is 19.5 Å². The lowest BCUT2D eigenvalue weighted by Gasteiger charge is -2.23. The number of rotatable bonds is 3. The Bertz CT molecular complexity index is 562. The van der Waals surface area contributed by atoms with E-state index in [2.05, 4.69) is 16.0 Å². The van der Waals surface area contributed by atoms with Gasteiger partial charge in [0.15, 0.2) is 0 Å². The van der Waals surface area contributed by atoms with Gasteiger partial charge in [-0.25, -0.2) is 4.79 Å². The molecule has 2 rings (SSSR count). The summed E-state index contributed by atoms with van der Waals surface area (Å²) in [5, 5.41) is 26.1. The molecule has 0 radical (unpaired) electrons. The summed E-state index contributed by atoms with van der Waals surface area (Å²) in [5.74, 6) is -2.25. The highest BCUT2D eigenvalue weighted by Gasteiger charge is 2.24. The van der Waals surface area contributed by atoms with Crippen LogP contribution in [-0.2, 0) is 9.59 Å². The van der Waals surface area contributed by atoms with Gasteiger partial charge in [-0.3, -0.25) is 14.9 Å². The van der Waals surface area contributed by atoms with Crippen LogP contribution in [0.15, 0.2) is 18.2 Å². The Labute approximate surface area is 113 Å². The molecule has 1 heterocycles. The number of carboxylic acids is 1. The molecule has 0 bridgehead atoms. The molecule has 5 N–H and O–H groups in total. The molecule has 1 saturated heterocycles. The van der Waals surface area contributed by atoms with Gasteiger partial charge in [-0.15, -0.1) is 0 Å². The SMILES string of the molecule is O=C1CNC(C(=O)Nc2ccc(C(=O)O)c(O)c2)CN1. The normalized spacial score (nSPS) is 18.2. The molecule has 0 aromatic heterocycles. The van der Waals surface area contributed by atoms with Crippen molar-refractivity contribution >= 4 is 23.5 Å². The number of benzene rings is 1. The summed E-state index contributed by atoms with van der Waals surface area (Å²) in [4.78, 5) is 33.6. The number of hydrogen-bond acceptors (Lipinski definition) is 5. The molecule has 2 amide bonds. The van der Waals surface area contributed by atoms with Crippen LogP contribution in [0.25, 0.3) is 0 Å². The Morgan fingerprint density at radius 3 is 2.65 bits per heavy atom. The second kappa shape index (κ2) is 5.57. The lowest BCUT2D eigenvalue weighted by molar-refractivity contribution is -0.124. The average molecular weight is 279 g/mol. The third-order valence-electron chi connectivity index (χ3n) is 2.82. The molecular weight excluding hydrogens is 266 g/mol. The molecule has 1 unspecified atom stereocenters. The number of aromatic carboxylic acids is 1. The number of aromatic hydroxyl groups is 1. The minimum atomic E-state index is -1.25. The van der Waals surface area contributed by atoms with Gasteiger partial charge >= 0.3 is 5.97 Å². The van der Waals surface area contributed by atoms with Crippen LogP contribution in [0.1, 0.15) is 10.4 Å². The molecule has 8 nitrogen and oxygen atoms in total. The molecule has 1 atom stereocenters. The van der Waals surface area contributed by atoms with Crippen LogP contribution in [0.4, 0.5) is 5.69 Å². The first-order valence-electron chi connectivity index (χ1n) is 5.84. The maximum absolute atomic E-state index is 11.9. The average Bonchev–Trinajstić information content (AvgIpc) is 2.39. The minimum Gasteiger partial charge on any atom is -0.507 e. The van der Waals surface area contributed by atoms with Gasteiger partial charge in [0.25, 0.3) is 0 Å². The highest BCUT2D eigenvalue weighted by atomic mass is 16.4. The summed E-state index contributed by atoms with van der Waals surface area (Å²) in [5.41, 5.74) is 0.0299. The maximum Gasteiger partial charge on any atom is 0.339 e. The largest absolute Gasteiger partial charge is 0.507 e. The highest BCUT2D eigenvalue weighted by molar-refractivity contribution is 5.98. The Morgan fingerprint density at radius 2 is 2.10 bits per heavy atom. The molecule has 0 aliphatic carbocycles. The number of carbonyl (C=O) groups is 3. The first kappa shape index (κ1) is 13.8. The van der Waals surface area contributed by atoms with E-state index in [-0.39, 0.29) is 36.2 Å². The van der Waals surface area contributed by atoms with Crippen LogP contribution < -0.4 is 16.0 Å². The lowest BCUT2D eigenvalue weighted by Crippen LogP contribution is -2.56. The third kappa shape index (κ3) is 3.04. The molecule has 1 aromatic carbocycles. The van der Waals surface area contributed by atoms with Crippen molar-refractivity contribution in [2.75, 3.05) is 18.4 Å². The molecule has 1 aromatic rings. The summed E-state index contributed by atoms with van der Waals surface area (Å²) >= 11 is 0. The van der Waals surface area contributed by atoms with Crippen molar-refractivity contribution in [1.82, 2.24) is 10.6 Å². The van der Waals surface area contributed by atoms with E-state index in [1.54, 1.807) is 0 Å². The van der Waals surface area contributed by atoms with Crippen molar-refractivity contribution in [1.29, 1.82) is 0 Å². The summed E-state index contributed by atoms with van der Waals surface area (Å²) in [6.07, 6.45) is 0. The van der Waals surface area contributed by atoms with Crippen molar-refractivity contribution in [3.63, 3.8) is 0 Å². The molecular formula is C12H13N3O5. The zero-order chi connectivity index (χ0) is 14.7. The number of phenols is 1. The van der Waals surface area contributed by atoms with Crippen LogP contribution in [0.2, 0.25) is 0 Å². The zero-order valence-electron chi connectivity index (χ0n) is 10.3. The number of hydrogen-bond donors (Lipinski definition) is 5. The van der Waals surface area contributed by atoms with Gasteiger partial charge in [0.2, 0.25) is 11.8 Å². The van der Waals surface area contributed by atoms with Gasteiger partial charge < -0.3 is 20.8 Å². The topological polar surface area (TPSA) is 128 Å². The van der Waals surface area contributed by atoms with Gasteiger partial charge in [0.05, 0.1) is 6.54 Å². The van der Waals surface area contributed by atoms with E-state index in [4.69, 9.17) is 5.11 Å². The number of carboxylic acid groups (broad SMARTS) is 1. The number of amides is 2. The Kier molecular flexibility index (Phi) is 3.85. The van der Waals surface area contributed by atoms with Gasteiger partial charge in [0.1, 0.15) is 17.4 Å². The fourth-order valence-electron chi connectivity index (χ4n) is 1.77. The fourth-order valence-corrected chi connectivity index (χ4v) is 1.77.